The number of aromatic nitrogens is 2. The molecule has 3 aromatic rings. The molecule has 2 aromatic carbocycles. The molecule has 8 atom stereocenters. The number of rotatable bonds is 25. The van der Waals surface area contributed by atoms with Gasteiger partial charge >= 0.3 is 11.9 Å². The number of ketones is 1. The number of aryl methyl sites for hydroxylation is 1. The van der Waals surface area contributed by atoms with Crippen molar-refractivity contribution in [3.8, 4) is 17.2 Å². The first-order chi connectivity index (χ1) is 35.6. The van der Waals surface area contributed by atoms with Crippen molar-refractivity contribution in [2.24, 2.45) is 22.4 Å². The second-order valence-corrected chi connectivity index (χ2v) is 22.9. The Kier molecular flexibility index (Phi) is 18.5. The first-order valence-electron chi connectivity index (χ1n) is 25.4. The van der Waals surface area contributed by atoms with Gasteiger partial charge in [-0.3, -0.25) is 19.3 Å². The Morgan fingerprint density at radius 1 is 1.05 bits per heavy atom. The summed E-state index contributed by atoms with van der Waals surface area (Å²) in [6, 6.07) is 12.9. The van der Waals surface area contributed by atoms with Crippen molar-refractivity contribution >= 4 is 57.5 Å². The highest BCUT2D eigenvalue weighted by Crippen LogP contribution is 2.52. The number of aliphatic carboxylic acids is 1. The maximum atomic E-state index is 14.2. The van der Waals surface area contributed by atoms with Gasteiger partial charge in [-0.25, -0.2) is 29.4 Å². The van der Waals surface area contributed by atoms with Gasteiger partial charge in [-0.1, -0.05) is 45.9 Å². The van der Waals surface area contributed by atoms with Crippen LogP contribution < -0.4 is 29.4 Å². The molecule has 75 heavy (non-hydrogen) atoms. The molecule has 0 unspecified atom stereocenters. The molecule has 0 radical (unpaired) electrons. The molecule has 6 N–H and O–H groups in total. The molecule has 0 bridgehead atoms. The number of carbonyl (C=O) groups excluding carboxylic acids is 4. The van der Waals surface area contributed by atoms with E-state index in [0.29, 0.717) is 104 Å². The molecule has 1 aromatic heterocycles. The van der Waals surface area contributed by atoms with Crippen LogP contribution in [0.25, 0.3) is 0 Å². The third-order valence-electron chi connectivity index (χ3n) is 14.7. The van der Waals surface area contributed by atoms with Crippen molar-refractivity contribution in [1.82, 2.24) is 29.4 Å². The molecule has 21 nitrogen and oxygen atoms in total. The van der Waals surface area contributed by atoms with Crippen LogP contribution in [0, 0.1) is 17.3 Å². The Bertz CT molecular complexity index is 2740. The van der Waals surface area contributed by atoms with Crippen LogP contribution in [0.3, 0.4) is 0 Å². The highest BCUT2D eigenvalue weighted by Gasteiger charge is 2.60. The maximum Gasteiger partial charge on any atom is 0.353 e. The van der Waals surface area contributed by atoms with Gasteiger partial charge < -0.3 is 44.3 Å². The van der Waals surface area contributed by atoms with Crippen molar-refractivity contribution in [3.05, 3.63) is 82.2 Å². The number of ether oxygens (including phenoxy) is 4. The minimum Gasteiger partial charge on any atom is -0.493 e. The Hall–Kier alpha value is -5.85. The average molecular weight is 1080 g/mol. The smallest absolute Gasteiger partial charge is 0.353 e. The lowest BCUT2D eigenvalue weighted by molar-refractivity contribution is -0.164. The summed E-state index contributed by atoms with van der Waals surface area (Å²) in [6.07, 6.45) is 3.48. The predicted molar refractivity (Wildman–Crippen MR) is 279 cm³/mol. The van der Waals surface area contributed by atoms with E-state index in [2.05, 4.69) is 19.9 Å². The number of nitrogens with zero attached hydrogens (tertiary/aromatic N) is 5. The van der Waals surface area contributed by atoms with Gasteiger partial charge in [0.2, 0.25) is 17.6 Å². The van der Waals surface area contributed by atoms with E-state index in [-0.39, 0.29) is 42.6 Å². The number of nitrogens with two attached hydrogens (primary N) is 1. The third kappa shape index (κ3) is 13.4. The SMILES string of the molecule is CCC(C)(C)C(=O)C(=O)N1CCCC[C@H]1C(=O)O[C@H](CCc1ccc(OC)c(OC)c1)c1cccc(OCCNc2nccc(CN3C[C@@H](SC4=C(C(=O)O)N5C(=O)[C@H]([C@@H](C)O)[C@H]5[C@H]4C)C[C@H]3CNS(N)(=O)=O)n2)c1. The molecule has 3 fully saturated rings. The van der Waals surface area contributed by atoms with Crippen molar-refractivity contribution in [3.63, 3.8) is 0 Å². The zero-order valence-corrected chi connectivity index (χ0v) is 45.2. The summed E-state index contributed by atoms with van der Waals surface area (Å²) < 4.78 is 49.8. The van der Waals surface area contributed by atoms with Crippen LogP contribution >= 0.6 is 11.8 Å². The summed E-state index contributed by atoms with van der Waals surface area (Å²) in [6.45, 7) is 10.2. The van der Waals surface area contributed by atoms with Crippen LogP contribution in [0.4, 0.5) is 5.95 Å². The molecule has 408 valence electrons. The lowest BCUT2D eigenvalue weighted by Crippen LogP contribution is -2.63. The van der Waals surface area contributed by atoms with Gasteiger partial charge in [-0.15, -0.1) is 11.8 Å². The number of piperidine rings is 1. The lowest BCUT2D eigenvalue weighted by Gasteiger charge is -2.46. The number of carboxylic acids is 1. The number of hydrogen-bond donors (Lipinski definition) is 5. The molecule has 3 saturated heterocycles. The Balaban J connectivity index is 1.00. The average Bonchev–Trinajstić information content (AvgIpc) is 3.89. The number of Topliss-reactive ketones (excluding diaryl/α,β-unsaturated/α-hetero) is 1. The summed E-state index contributed by atoms with van der Waals surface area (Å²) >= 11 is 1.37. The first-order valence-corrected chi connectivity index (χ1v) is 27.8. The number of aliphatic hydroxyl groups is 1. The molecule has 4 aliphatic heterocycles. The third-order valence-corrected chi connectivity index (χ3v) is 16.8. The van der Waals surface area contributed by atoms with E-state index in [9.17, 15) is 42.6 Å². The topological polar surface area (TPSA) is 282 Å². The number of esters is 1. The fourth-order valence-corrected chi connectivity index (χ4v) is 12.3. The van der Waals surface area contributed by atoms with Gasteiger partial charge in [0.1, 0.15) is 30.2 Å². The second kappa shape index (κ2) is 24.4. The van der Waals surface area contributed by atoms with E-state index < -0.39 is 75.4 Å². The van der Waals surface area contributed by atoms with Crippen LogP contribution in [0.1, 0.15) is 96.1 Å². The largest absolute Gasteiger partial charge is 0.493 e. The van der Waals surface area contributed by atoms with Crippen LogP contribution in [-0.2, 0) is 51.9 Å². The molecule has 5 heterocycles. The monoisotopic (exact) mass is 1080 g/mol. The van der Waals surface area contributed by atoms with Gasteiger partial charge in [0.25, 0.3) is 16.1 Å². The quantitative estimate of drug-likeness (QED) is 0.0344. The molecular weight excluding hydrogens is 1010 g/mol. The van der Waals surface area contributed by atoms with Crippen LogP contribution in [0.5, 0.6) is 17.2 Å². The zero-order chi connectivity index (χ0) is 54.4. The number of fused-ring (bicyclic) bond motifs is 1. The molecule has 7 rings (SSSR count). The zero-order valence-electron chi connectivity index (χ0n) is 43.5. The van der Waals surface area contributed by atoms with Crippen molar-refractivity contribution in [1.29, 1.82) is 0 Å². The standard InChI is InChI=1S/C52H70N8O13S2/c1-8-52(4,5)46(62)48(64)59-22-10-9-14-38(59)50(67)73-39(17-15-32-16-18-40(70-6)41(24-32)71-7)33-12-11-13-36(25-33)72-23-21-55-51-54-20-19-34(57-51)28-58-29-37(26-35(58)27-56-75(53,68)69)74-45-30(2)43-42(31(3)61)47(63)60(43)44(45)49(65)66/h11-13,16,18-20,24-25,30-31,35,37-39,42-43,56,61H,8-10,14-15,17,21-23,26-29H2,1-7H3,(H,65,66)(H2,53,68,69)(H,54,55,57)/t30-,31-,35+,37+,38+,39-,42-,43-/m1/s1. The normalized spacial score (nSPS) is 22.8. The number of aliphatic hydroxyl groups excluding tert-OH is 1. The van der Waals surface area contributed by atoms with E-state index in [1.807, 2.05) is 50.2 Å². The number of likely N-dealkylation sites (tertiary alicyclic amines) is 2. The number of nitrogens with one attached hydrogen (secondary N) is 2. The fourth-order valence-electron chi connectivity index (χ4n) is 10.3. The highest BCUT2D eigenvalue weighted by molar-refractivity contribution is 8.03. The number of benzene rings is 2. The van der Waals surface area contributed by atoms with E-state index in [1.54, 1.807) is 46.4 Å². The Morgan fingerprint density at radius 2 is 1.81 bits per heavy atom. The van der Waals surface area contributed by atoms with E-state index in [0.717, 1.165) is 5.56 Å². The molecular formula is C52H70N8O13S2. The maximum absolute atomic E-state index is 14.2. The minimum absolute atomic E-state index is 0.00343. The summed E-state index contributed by atoms with van der Waals surface area (Å²) in [5.74, 6) is -2.46. The summed E-state index contributed by atoms with van der Waals surface area (Å²) in [5, 5.41) is 28.9. The number of β-lactam (4-membered cyclic amide) rings is 1. The van der Waals surface area contributed by atoms with Gasteiger partial charge in [0, 0.05) is 59.9 Å². The van der Waals surface area contributed by atoms with E-state index >= 15 is 0 Å². The van der Waals surface area contributed by atoms with Crippen molar-refractivity contribution < 1.29 is 61.6 Å². The second-order valence-electron chi connectivity index (χ2n) is 20.2. The van der Waals surface area contributed by atoms with Crippen molar-refractivity contribution in [2.45, 2.75) is 122 Å². The number of methoxy groups -OCH3 is 2. The lowest BCUT2D eigenvalue weighted by atomic mass is 9.79. The predicted octanol–water partition coefficient (Wildman–Crippen LogP) is 4.21. The number of carboxylic acid groups (broad SMARTS) is 1. The fraction of sp³-hybridized carbons (Fsp3) is 0.558. The molecule has 2 amide bonds. The summed E-state index contributed by atoms with van der Waals surface area (Å²) in [5.41, 5.74) is 1.28. The number of thioether (sulfide) groups is 1. The van der Waals surface area contributed by atoms with Crippen LogP contribution in [0.15, 0.2) is 65.3 Å². The summed E-state index contributed by atoms with van der Waals surface area (Å²) in [7, 11) is -0.901. The number of hydrogen-bond acceptors (Lipinski definition) is 17. The number of anilines is 1. The van der Waals surface area contributed by atoms with E-state index in [4.69, 9.17) is 29.1 Å². The molecule has 0 spiro atoms. The molecule has 4 aliphatic rings. The van der Waals surface area contributed by atoms with Gasteiger partial charge in [0.15, 0.2) is 11.5 Å². The highest BCUT2D eigenvalue weighted by atomic mass is 32.2. The Labute approximate surface area is 442 Å². The number of carbonyl (C=O) groups is 5. The molecule has 0 saturated carbocycles. The Morgan fingerprint density at radius 3 is 2.51 bits per heavy atom. The minimum atomic E-state index is -4.02. The van der Waals surface area contributed by atoms with Crippen molar-refractivity contribution in [2.75, 3.05) is 52.3 Å². The molecule has 23 heteroatoms. The van der Waals surface area contributed by atoms with Crippen LogP contribution in [-0.4, -0.2) is 149 Å². The van der Waals surface area contributed by atoms with Gasteiger partial charge in [-0.2, -0.15) is 8.42 Å². The number of amides is 2. The van der Waals surface area contributed by atoms with Gasteiger partial charge in [-0.05, 0) is 93.3 Å². The summed E-state index contributed by atoms with van der Waals surface area (Å²) in [4.78, 5) is 80.9. The van der Waals surface area contributed by atoms with E-state index in [1.165, 1.54) is 28.5 Å². The molecule has 0 aliphatic carbocycles. The first kappa shape index (κ1) is 56.9. The van der Waals surface area contributed by atoms with Crippen LogP contribution in [0.2, 0.25) is 0 Å². The van der Waals surface area contributed by atoms with Gasteiger partial charge in [0.05, 0.1) is 44.5 Å².